The topological polar surface area (TPSA) is 26.0 Å². The predicted molar refractivity (Wildman–Crippen MR) is 72.9 cm³/mol. The average Bonchev–Trinajstić information content (AvgIpc) is 2.35. The van der Waals surface area contributed by atoms with Gasteiger partial charge in [0.15, 0.2) is 0 Å². The van der Waals surface area contributed by atoms with Crippen molar-refractivity contribution in [2.45, 2.75) is 83.4 Å². The second-order valence-electron chi connectivity index (χ2n) is 6.09. The first-order chi connectivity index (χ1) is 8.92. The highest BCUT2D eigenvalue weighted by atomic mass is 19.4. The van der Waals surface area contributed by atoms with Crippen LogP contribution in [-0.2, 0) is 0 Å². The van der Waals surface area contributed by atoms with E-state index in [1.807, 2.05) is 0 Å². The molecule has 0 radical (unpaired) electrons. The molecule has 0 spiro atoms. The molecule has 2 N–H and O–H groups in total. The summed E-state index contributed by atoms with van der Waals surface area (Å²) >= 11 is 0. The summed E-state index contributed by atoms with van der Waals surface area (Å²) in [6.07, 6.45) is 4.50. The van der Waals surface area contributed by atoms with Gasteiger partial charge in [0.05, 0.1) is 0 Å². The third-order valence-electron chi connectivity index (χ3n) is 4.46. The zero-order valence-corrected chi connectivity index (χ0v) is 12.0. The molecule has 1 aliphatic rings. The maximum Gasteiger partial charge on any atom is 0.389 e. The molecule has 0 aromatic rings. The van der Waals surface area contributed by atoms with Crippen LogP contribution in [-0.4, -0.2) is 12.2 Å². The Morgan fingerprint density at radius 3 is 2.26 bits per heavy atom. The molecule has 1 aliphatic carbocycles. The Bertz CT molecular complexity index is 232. The van der Waals surface area contributed by atoms with Crippen LogP contribution in [0, 0.1) is 11.8 Å². The van der Waals surface area contributed by atoms with Gasteiger partial charge in [0.25, 0.3) is 0 Å². The lowest BCUT2D eigenvalue weighted by Crippen LogP contribution is -2.33. The lowest BCUT2D eigenvalue weighted by molar-refractivity contribution is -0.135. The smallest absolute Gasteiger partial charge is 0.327 e. The number of hydrogen-bond donors (Lipinski definition) is 1. The molecule has 1 saturated carbocycles. The largest absolute Gasteiger partial charge is 0.389 e. The van der Waals surface area contributed by atoms with Crippen molar-refractivity contribution in [3.05, 3.63) is 0 Å². The number of rotatable bonds is 7. The minimum atomic E-state index is -4.03. The van der Waals surface area contributed by atoms with E-state index in [-0.39, 0.29) is 12.5 Å². The first kappa shape index (κ1) is 16.8. The Morgan fingerprint density at radius 1 is 1.11 bits per heavy atom. The number of halogens is 3. The van der Waals surface area contributed by atoms with E-state index < -0.39 is 12.6 Å². The second-order valence-corrected chi connectivity index (χ2v) is 6.09. The monoisotopic (exact) mass is 279 g/mol. The number of unbranched alkanes of at least 4 members (excludes halogenated alkanes) is 1. The molecule has 0 heterocycles. The first-order valence-electron chi connectivity index (χ1n) is 7.74. The van der Waals surface area contributed by atoms with Crippen LogP contribution in [0.2, 0.25) is 0 Å². The van der Waals surface area contributed by atoms with Crippen molar-refractivity contribution < 1.29 is 13.2 Å². The normalized spacial score (nSPS) is 26.4. The number of alkyl halides is 3. The molecular formula is C15H28F3N. The van der Waals surface area contributed by atoms with Gasteiger partial charge in [0.1, 0.15) is 0 Å². The zero-order valence-electron chi connectivity index (χ0n) is 12.0. The lowest BCUT2D eigenvalue weighted by Gasteiger charge is -2.32. The molecule has 1 fully saturated rings. The maximum atomic E-state index is 12.1. The van der Waals surface area contributed by atoms with Crippen LogP contribution >= 0.6 is 0 Å². The van der Waals surface area contributed by atoms with Crippen LogP contribution in [0.25, 0.3) is 0 Å². The Balaban J connectivity index is 2.16. The lowest BCUT2D eigenvalue weighted by atomic mass is 9.76. The van der Waals surface area contributed by atoms with E-state index >= 15 is 0 Å². The highest BCUT2D eigenvalue weighted by Crippen LogP contribution is 2.34. The van der Waals surface area contributed by atoms with Crippen molar-refractivity contribution in [1.82, 2.24) is 0 Å². The van der Waals surface area contributed by atoms with Crippen LogP contribution in [0.5, 0.6) is 0 Å². The van der Waals surface area contributed by atoms with Gasteiger partial charge in [-0.05, 0) is 37.5 Å². The van der Waals surface area contributed by atoms with Gasteiger partial charge in [0, 0.05) is 12.5 Å². The fraction of sp³-hybridized carbons (Fsp3) is 1.00. The molecule has 0 bridgehead atoms. The molecule has 114 valence electrons. The van der Waals surface area contributed by atoms with Gasteiger partial charge in [0.2, 0.25) is 0 Å². The summed E-state index contributed by atoms with van der Waals surface area (Å²) in [4.78, 5) is 0. The third kappa shape index (κ3) is 7.19. The summed E-state index contributed by atoms with van der Waals surface area (Å²) in [6.45, 7) is 2.21. The van der Waals surface area contributed by atoms with Gasteiger partial charge in [-0.3, -0.25) is 0 Å². The second kappa shape index (κ2) is 8.13. The Morgan fingerprint density at radius 2 is 1.74 bits per heavy atom. The molecule has 1 unspecified atom stereocenters. The van der Waals surface area contributed by atoms with E-state index in [1.165, 1.54) is 32.1 Å². The molecule has 19 heavy (non-hydrogen) atoms. The molecule has 0 amide bonds. The van der Waals surface area contributed by atoms with E-state index in [0.29, 0.717) is 12.3 Å². The van der Waals surface area contributed by atoms with Crippen LogP contribution in [0.3, 0.4) is 0 Å². The molecule has 0 aliphatic heterocycles. The summed E-state index contributed by atoms with van der Waals surface area (Å²) in [7, 11) is 0. The molecule has 0 aromatic carbocycles. The van der Waals surface area contributed by atoms with E-state index in [1.54, 1.807) is 0 Å². The van der Waals surface area contributed by atoms with Gasteiger partial charge in [-0.1, -0.05) is 39.0 Å². The fourth-order valence-electron chi connectivity index (χ4n) is 3.17. The number of hydrogen-bond acceptors (Lipinski definition) is 1. The average molecular weight is 279 g/mol. The van der Waals surface area contributed by atoms with Crippen molar-refractivity contribution in [3.63, 3.8) is 0 Å². The van der Waals surface area contributed by atoms with Crippen LogP contribution < -0.4 is 5.73 Å². The third-order valence-corrected chi connectivity index (χ3v) is 4.46. The summed E-state index contributed by atoms with van der Waals surface area (Å²) in [5.41, 5.74) is 6.06. The SMILES string of the molecule is CCCCC1CCC(C(N)CCCC(F)(F)F)CC1. The molecule has 1 atom stereocenters. The first-order valence-corrected chi connectivity index (χ1v) is 7.74. The molecule has 0 aromatic heterocycles. The highest BCUT2D eigenvalue weighted by molar-refractivity contribution is 4.80. The standard InChI is InChI=1S/C15H28F3N/c1-2-3-5-12-7-9-13(10-8-12)14(19)6-4-11-15(16,17)18/h12-14H,2-11,19H2,1H3. The van der Waals surface area contributed by atoms with E-state index in [9.17, 15) is 13.2 Å². The fourth-order valence-corrected chi connectivity index (χ4v) is 3.17. The summed E-state index contributed by atoms with van der Waals surface area (Å²) < 4.78 is 36.2. The van der Waals surface area contributed by atoms with Crippen molar-refractivity contribution >= 4 is 0 Å². The quantitative estimate of drug-likeness (QED) is 0.694. The maximum absolute atomic E-state index is 12.1. The zero-order chi connectivity index (χ0) is 14.3. The van der Waals surface area contributed by atoms with Crippen LogP contribution in [0.15, 0.2) is 0 Å². The van der Waals surface area contributed by atoms with E-state index in [4.69, 9.17) is 5.73 Å². The van der Waals surface area contributed by atoms with Crippen molar-refractivity contribution in [2.75, 3.05) is 0 Å². The molecular weight excluding hydrogens is 251 g/mol. The summed E-state index contributed by atoms with van der Waals surface area (Å²) in [5, 5.41) is 0. The van der Waals surface area contributed by atoms with Crippen LogP contribution in [0.1, 0.15) is 71.1 Å². The van der Waals surface area contributed by atoms with Gasteiger partial charge >= 0.3 is 6.18 Å². The Kier molecular flexibility index (Phi) is 7.19. The molecule has 1 rings (SSSR count). The summed E-state index contributed by atoms with van der Waals surface area (Å²) in [5.74, 6) is 1.28. The predicted octanol–water partition coefficient (Wildman–Crippen LogP) is 5.04. The van der Waals surface area contributed by atoms with E-state index in [2.05, 4.69) is 6.92 Å². The number of nitrogens with two attached hydrogens (primary N) is 1. The van der Waals surface area contributed by atoms with Crippen molar-refractivity contribution in [3.8, 4) is 0 Å². The van der Waals surface area contributed by atoms with Gasteiger partial charge in [-0.2, -0.15) is 13.2 Å². The highest BCUT2D eigenvalue weighted by Gasteiger charge is 2.29. The molecule has 0 saturated heterocycles. The Labute approximate surface area is 115 Å². The van der Waals surface area contributed by atoms with Crippen molar-refractivity contribution in [1.29, 1.82) is 0 Å². The van der Waals surface area contributed by atoms with E-state index in [0.717, 1.165) is 18.8 Å². The molecule has 1 nitrogen and oxygen atoms in total. The van der Waals surface area contributed by atoms with Gasteiger partial charge < -0.3 is 5.73 Å². The Hall–Kier alpha value is -0.250. The van der Waals surface area contributed by atoms with Gasteiger partial charge in [-0.15, -0.1) is 0 Å². The minimum Gasteiger partial charge on any atom is -0.327 e. The minimum absolute atomic E-state index is 0.0329. The van der Waals surface area contributed by atoms with Gasteiger partial charge in [-0.25, -0.2) is 0 Å². The van der Waals surface area contributed by atoms with Crippen molar-refractivity contribution in [2.24, 2.45) is 17.6 Å². The summed E-state index contributed by atoms with van der Waals surface area (Å²) in [6, 6.07) is -0.0329. The molecule has 4 heteroatoms. The van der Waals surface area contributed by atoms with Crippen LogP contribution in [0.4, 0.5) is 13.2 Å².